The second-order valence-corrected chi connectivity index (χ2v) is 5.45. The zero-order valence-electron chi connectivity index (χ0n) is 10.2. The highest BCUT2D eigenvalue weighted by Crippen LogP contribution is 2.37. The largest absolute Gasteiger partial charge is 0.329 e. The quantitative estimate of drug-likeness (QED) is 0.729. The van der Waals surface area contributed by atoms with Crippen LogP contribution in [0, 0.1) is 5.92 Å². The molecule has 0 atom stereocenters. The second kappa shape index (κ2) is 4.84. The predicted molar refractivity (Wildman–Crippen MR) is 64.8 cm³/mol. The number of likely N-dealkylation sites (N-methyl/N-ethyl adjacent to an activating group) is 1. The summed E-state index contributed by atoms with van der Waals surface area (Å²) in [6, 6.07) is 0. The van der Waals surface area contributed by atoms with E-state index in [1.54, 1.807) is 0 Å². The van der Waals surface area contributed by atoms with E-state index in [0.717, 1.165) is 12.5 Å². The van der Waals surface area contributed by atoms with E-state index < -0.39 is 0 Å². The van der Waals surface area contributed by atoms with Gasteiger partial charge in [0.05, 0.1) is 0 Å². The summed E-state index contributed by atoms with van der Waals surface area (Å²) in [6.45, 7) is 5.64. The summed E-state index contributed by atoms with van der Waals surface area (Å²) in [5.74, 6) is 1.05. The maximum atomic E-state index is 6.03. The molecule has 2 aliphatic carbocycles. The lowest BCUT2D eigenvalue weighted by atomic mass is 9.94. The molecular formula is C13H26N2. The fourth-order valence-electron chi connectivity index (χ4n) is 3.16. The molecule has 2 heteroatoms. The minimum absolute atomic E-state index is 0.379. The Bertz CT molecular complexity index is 193. The van der Waals surface area contributed by atoms with Crippen LogP contribution in [0.2, 0.25) is 0 Å². The fourth-order valence-corrected chi connectivity index (χ4v) is 3.16. The molecule has 0 unspecified atom stereocenters. The zero-order valence-corrected chi connectivity index (χ0v) is 10.2. The molecule has 2 saturated carbocycles. The third-order valence-corrected chi connectivity index (χ3v) is 4.47. The van der Waals surface area contributed by atoms with Crippen LogP contribution in [0.1, 0.15) is 51.9 Å². The Morgan fingerprint density at radius 1 is 1.27 bits per heavy atom. The summed E-state index contributed by atoms with van der Waals surface area (Å²) in [7, 11) is 0. The molecule has 2 aliphatic rings. The molecule has 0 spiro atoms. The normalized spacial score (nSPS) is 25.0. The van der Waals surface area contributed by atoms with Crippen LogP contribution < -0.4 is 5.73 Å². The first-order chi connectivity index (χ1) is 7.30. The van der Waals surface area contributed by atoms with Crippen molar-refractivity contribution in [1.82, 2.24) is 4.90 Å². The highest BCUT2D eigenvalue weighted by Gasteiger charge is 2.37. The van der Waals surface area contributed by atoms with E-state index in [4.69, 9.17) is 5.73 Å². The van der Waals surface area contributed by atoms with E-state index >= 15 is 0 Å². The number of hydrogen-bond acceptors (Lipinski definition) is 2. The Morgan fingerprint density at radius 3 is 2.40 bits per heavy atom. The van der Waals surface area contributed by atoms with E-state index in [9.17, 15) is 0 Å². The molecule has 2 nitrogen and oxygen atoms in total. The molecule has 0 aromatic rings. The number of hydrogen-bond donors (Lipinski definition) is 1. The van der Waals surface area contributed by atoms with Crippen LogP contribution >= 0.6 is 0 Å². The molecular weight excluding hydrogens is 184 g/mol. The van der Waals surface area contributed by atoms with Gasteiger partial charge in [-0.15, -0.1) is 0 Å². The molecule has 0 aliphatic heterocycles. The molecule has 0 radical (unpaired) electrons. The minimum Gasteiger partial charge on any atom is -0.329 e. The topological polar surface area (TPSA) is 29.3 Å². The smallest absolute Gasteiger partial charge is 0.0331 e. The van der Waals surface area contributed by atoms with E-state index in [1.807, 2.05) is 0 Å². The van der Waals surface area contributed by atoms with Gasteiger partial charge in [0.15, 0.2) is 0 Å². The van der Waals surface area contributed by atoms with Crippen molar-refractivity contribution in [2.75, 3.05) is 19.6 Å². The van der Waals surface area contributed by atoms with Gasteiger partial charge in [-0.25, -0.2) is 0 Å². The van der Waals surface area contributed by atoms with Gasteiger partial charge in [-0.1, -0.05) is 32.6 Å². The van der Waals surface area contributed by atoms with Crippen molar-refractivity contribution in [2.45, 2.75) is 57.4 Å². The molecule has 88 valence electrons. The van der Waals surface area contributed by atoms with Gasteiger partial charge in [-0.05, 0) is 38.3 Å². The summed E-state index contributed by atoms with van der Waals surface area (Å²) < 4.78 is 0. The summed E-state index contributed by atoms with van der Waals surface area (Å²) in [4.78, 5) is 2.68. The lowest BCUT2D eigenvalue weighted by Crippen LogP contribution is -2.52. The highest BCUT2D eigenvalue weighted by atomic mass is 15.2. The van der Waals surface area contributed by atoms with Crippen LogP contribution in [-0.4, -0.2) is 30.1 Å². The van der Waals surface area contributed by atoms with Gasteiger partial charge in [0.25, 0.3) is 0 Å². The molecule has 0 saturated heterocycles. The molecule has 2 fully saturated rings. The van der Waals surface area contributed by atoms with E-state index in [1.165, 1.54) is 58.0 Å². The van der Waals surface area contributed by atoms with Crippen LogP contribution in [0.15, 0.2) is 0 Å². The average molecular weight is 210 g/mol. The molecule has 0 aromatic heterocycles. The maximum Gasteiger partial charge on any atom is 0.0331 e. The van der Waals surface area contributed by atoms with Crippen molar-refractivity contribution in [1.29, 1.82) is 0 Å². The molecule has 15 heavy (non-hydrogen) atoms. The van der Waals surface area contributed by atoms with Gasteiger partial charge in [0.2, 0.25) is 0 Å². The van der Waals surface area contributed by atoms with E-state index in [-0.39, 0.29) is 0 Å². The van der Waals surface area contributed by atoms with Gasteiger partial charge in [-0.3, -0.25) is 4.90 Å². The minimum atomic E-state index is 0.379. The van der Waals surface area contributed by atoms with Crippen LogP contribution in [0.4, 0.5) is 0 Å². The SMILES string of the molecule is CCN(CCC1CC1)C1(CN)CCCC1. The third kappa shape index (κ3) is 2.54. The number of nitrogens with zero attached hydrogens (tertiary/aromatic N) is 1. The molecule has 0 aromatic carbocycles. The molecule has 0 bridgehead atoms. The number of nitrogens with two attached hydrogens (primary N) is 1. The van der Waals surface area contributed by atoms with Crippen molar-refractivity contribution in [3.63, 3.8) is 0 Å². The van der Waals surface area contributed by atoms with Gasteiger partial charge in [0, 0.05) is 12.1 Å². The first kappa shape index (κ1) is 11.4. The Morgan fingerprint density at radius 2 is 1.93 bits per heavy atom. The fraction of sp³-hybridized carbons (Fsp3) is 1.00. The van der Waals surface area contributed by atoms with Crippen molar-refractivity contribution in [2.24, 2.45) is 11.7 Å². The van der Waals surface area contributed by atoms with Gasteiger partial charge in [-0.2, -0.15) is 0 Å². The van der Waals surface area contributed by atoms with Crippen LogP contribution in [-0.2, 0) is 0 Å². The summed E-state index contributed by atoms with van der Waals surface area (Å²) in [5, 5.41) is 0. The average Bonchev–Trinajstić information content (AvgIpc) is 2.96. The van der Waals surface area contributed by atoms with Crippen LogP contribution in [0.25, 0.3) is 0 Å². The molecule has 2 rings (SSSR count). The number of rotatable bonds is 6. The first-order valence-electron chi connectivity index (χ1n) is 6.76. The Balaban J connectivity index is 1.89. The summed E-state index contributed by atoms with van der Waals surface area (Å²) >= 11 is 0. The monoisotopic (exact) mass is 210 g/mol. The molecule has 2 N–H and O–H groups in total. The predicted octanol–water partition coefficient (Wildman–Crippen LogP) is 2.38. The maximum absolute atomic E-state index is 6.03. The molecule has 0 amide bonds. The first-order valence-corrected chi connectivity index (χ1v) is 6.76. The van der Waals surface area contributed by atoms with Crippen LogP contribution in [0.5, 0.6) is 0 Å². The van der Waals surface area contributed by atoms with E-state index in [2.05, 4.69) is 11.8 Å². The highest BCUT2D eigenvalue weighted by molar-refractivity contribution is 4.95. The standard InChI is InChI=1S/C13H26N2/c1-2-15(10-7-12-5-6-12)13(11-14)8-3-4-9-13/h12H,2-11,14H2,1H3. The Labute approximate surface area is 94.2 Å². The zero-order chi connectivity index (χ0) is 10.7. The lowest BCUT2D eigenvalue weighted by Gasteiger charge is -2.40. The molecule has 0 heterocycles. The lowest BCUT2D eigenvalue weighted by molar-refractivity contribution is 0.102. The van der Waals surface area contributed by atoms with Crippen LogP contribution in [0.3, 0.4) is 0 Å². The van der Waals surface area contributed by atoms with Crippen molar-refractivity contribution < 1.29 is 0 Å². The van der Waals surface area contributed by atoms with Crippen molar-refractivity contribution >= 4 is 0 Å². The summed E-state index contributed by atoms with van der Waals surface area (Å²) in [6.07, 6.45) is 9.81. The van der Waals surface area contributed by atoms with Gasteiger partial charge >= 0.3 is 0 Å². The third-order valence-electron chi connectivity index (χ3n) is 4.47. The van der Waals surface area contributed by atoms with Crippen molar-refractivity contribution in [3.8, 4) is 0 Å². The van der Waals surface area contributed by atoms with Crippen molar-refractivity contribution in [3.05, 3.63) is 0 Å². The van der Waals surface area contributed by atoms with E-state index in [0.29, 0.717) is 5.54 Å². The summed E-state index contributed by atoms with van der Waals surface area (Å²) in [5.41, 5.74) is 6.40. The Hall–Kier alpha value is -0.0800. The Kier molecular flexibility index (Phi) is 3.68. The van der Waals surface area contributed by atoms with Gasteiger partial charge < -0.3 is 5.73 Å². The van der Waals surface area contributed by atoms with Gasteiger partial charge in [0.1, 0.15) is 0 Å². The second-order valence-electron chi connectivity index (χ2n) is 5.45.